The van der Waals surface area contributed by atoms with Crippen LogP contribution in [0.1, 0.15) is 40.7 Å². The number of aryl methyl sites for hydroxylation is 1. The van der Waals surface area contributed by atoms with Crippen LogP contribution in [-0.4, -0.2) is 37.2 Å². The topological polar surface area (TPSA) is 109 Å². The Bertz CT molecular complexity index is 1310. The Labute approximate surface area is 222 Å². The van der Waals surface area contributed by atoms with Crippen molar-refractivity contribution in [2.75, 3.05) is 30.9 Å². The molecule has 3 aromatic carbocycles. The van der Waals surface area contributed by atoms with E-state index in [0.29, 0.717) is 18.0 Å². The first-order chi connectivity index (χ1) is 18.4. The fourth-order valence-electron chi connectivity index (χ4n) is 4.04. The van der Waals surface area contributed by atoms with Crippen LogP contribution >= 0.6 is 0 Å². The van der Waals surface area contributed by atoms with Crippen molar-refractivity contribution in [3.8, 4) is 11.5 Å². The molecule has 1 aliphatic rings. The Kier molecular flexibility index (Phi) is 8.87. The molecule has 8 heteroatoms. The predicted octanol–water partition coefficient (Wildman–Crippen LogP) is 5.36. The molecule has 0 spiro atoms. The Morgan fingerprint density at radius 1 is 0.947 bits per heavy atom. The van der Waals surface area contributed by atoms with Gasteiger partial charge >= 0.3 is 5.97 Å². The third kappa shape index (κ3) is 7.06. The Hall–Kier alpha value is -4.46. The summed E-state index contributed by atoms with van der Waals surface area (Å²) in [5, 5.41) is 18.9. The van der Waals surface area contributed by atoms with Crippen LogP contribution in [0.2, 0.25) is 0 Å². The number of carboxylic acids is 1. The molecule has 0 radical (unpaired) electrons. The number of nitrogens with one attached hydrogen (secondary N) is 3. The van der Waals surface area contributed by atoms with Crippen molar-refractivity contribution in [3.05, 3.63) is 94.8 Å². The molecule has 0 bridgehead atoms. The highest BCUT2D eigenvalue weighted by Crippen LogP contribution is 2.33. The van der Waals surface area contributed by atoms with E-state index in [1.54, 1.807) is 19.2 Å². The van der Waals surface area contributed by atoms with Crippen LogP contribution in [0.4, 0.5) is 11.4 Å². The number of aromatic carboxylic acids is 1. The molecule has 0 heterocycles. The molecule has 4 rings (SSSR count). The van der Waals surface area contributed by atoms with E-state index in [-0.39, 0.29) is 24.5 Å². The second kappa shape index (κ2) is 12.7. The number of carboxylic acid groups (broad SMARTS) is 1. The average Bonchev–Trinajstić information content (AvgIpc) is 2.88. The van der Waals surface area contributed by atoms with Crippen LogP contribution in [-0.2, 0) is 11.2 Å². The SMILES string of the molecule is COc1cc(CC(=O)NCCOc2ccc(C(=O)O)cc2)ccc1NC(Nc1ccccc1C)=C1CCC1. The van der Waals surface area contributed by atoms with E-state index in [4.69, 9.17) is 14.6 Å². The first-order valence-electron chi connectivity index (χ1n) is 12.6. The zero-order chi connectivity index (χ0) is 26.9. The predicted molar refractivity (Wildman–Crippen MR) is 148 cm³/mol. The van der Waals surface area contributed by atoms with E-state index in [9.17, 15) is 9.59 Å². The maximum atomic E-state index is 12.5. The van der Waals surface area contributed by atoms with Crippen molar-refractivity contribution >= 4 is 23.3 Å². The van der Waals surface area contributed by atoms with Gasteiger partial charge in [0.15, 0.2) is 0 Å². The van der Waals surface area contributed by atoms with E-state index < -0.39 is 5.97 Å². The van der Waals surface area contributed by atoms with E-state index in [1.807, 2.05) is 30.3 Å². The summed E-state index contributed by atoms with van der Waals surface area (Å²) >= 11 is 0. The molecule has 3 aromatic rings. The summed E-state index contributed by atoms with van der Waals surface area (Å²) in [6.45, 7) is 2.68. The minimum atomic E-state index is -0.987. The molecule has 198 valence electrons. The highest BCUT2D eigenvalue weighted by molar-refractivity contribution is 5.87. The van der Waals surface area contributed by atoms with Crippen molar-refractivity contribution in [1.29, 1.82) is 0 Å². The minimum absolute atomic E-state index is 0.129. The molecule has 0 aliphatic heterocycles. The number of hydrogen-bond acceptors (Lipinski definition) is 6. The number of benzene rings is 3. The first kappa shape index (κ1) is 26.6. The number of carbonyl (C=O) groups is 2. The third-order valence-electron chi connectivity index (χ3n) is 6.40. The number of carbonyl (C=O) groups excluding carboxylic acids is 1. The lowest BCUT2D eigenvalue weighted by molar-refractivity contribution is -0.120. The van der Waals surface area contributed by atoms with Crippen LogP contribution in [0.15, 0.2) is 78.1 Å². The van der Waals surface area contributed by atoms with Crippen molar-refractivity contribution in [3.63, 3.8) is 0 Å². The zero-order valence-electron chi connectivity index (χ0n) is 21.7. The average molecular weight is 516 g/mol. The molecule has 1 fully saturated rings. The number of amides is 1. The Morgan fingerprint density at radius 2 is 1.68 bits per heavy atom. The zero-order valence-corrected chi connectivity index (χ0v) is 21.7. The van der Waals surface area contributed by atoms with Gasteiger partial charge in [0, 0.05) is 5.69 Å². The van der Waals surface area contributed by atoms with Crippen LogP contribution < -0.4 is 25.4 Å². The first-order valence-corrected chi connectivity index (χ1v) is 12.6. The van der Waals surface area contributed by atoms with Crippen molar-refractivity contribution < 1.29 is 24.2 Å². The van der Waals surface area contributed by atoms with Gasteiger partial charge in [-0.15, -0.1) is 0 Å². The summed E-state index contributed by atoms with van der Waals surface area (Å²) in [5.74, 6) is 1.07. The lowest BCUT2D eigenvalue weighted by Crippen LogP contribution is -2.29. The van der Waals surface area contributed by atoms with Crippen LogP contribution in [0.5, 0.6) is 11.5 Å². The number of rotatable bonds is 12. The van der Waals surface area contributed by atoms with Gasteiger partial charge in [0.05, 0.1) is 31.3 Å². The van der Waals surface area contributed by atoms with Crippen molar-refractivity contribution in [2.24, 2.45) is 0 Å². The Morgan fingerprint density at radius 3 is 2.34 bits per heavy atom. The second-order valence-electron chi connectivity index (χ2n) is 9.14. The molecular formula is C30H33N3O5. The standard InChI is InChI=1S/C30H33N3O5/c1-20-6-3-4-9-25(20)32-29(22-7-5-8-22)33-26-15-10-21(18-27(26)37-2)19-28(34)31-16-17-38-24-13-11-23(12-14-24)30(35)36/h3-4,6,9-15,18,32-33H,5,7-8,16-17,19H2,1-2H3,(H,31,34)(H,35,36). The molecule has 8 nitrogen and oxygen atoms in total. The van der Waals surface area contributed by atoms with Gasteiger partial charge in [0.25, 0.3) is 0 Å². The van der Waals surface area contributed by atoms with Crippen molar-refractivity contribution in [2.45, 2.75) is 32.6 Å². The van der Waals surface area contributed by atoms with E-state index >= 15 is 0 Å². The monoisotopic (exact) mass is 515 g/mol. The number of ether oxygens (including phenoxy) is 2. The summed E-state index contributed by atoms with van der Waals surface area (Å²) in [6, 6.07) is 20.1. The van der Waals surface area contributed by atoms with Gasteiger partial charge in [-0.05, 0) is 85.4 Å². The molecule has 0 atom stereocenters. The van der Waals surface area contributed by atoms with E-state index in [0.717, 1.165) is 35.6 Å². The third-order valence-corrected chi connectivity index (χ3v) is 6.40. The van der Waals surface area contributed by atoms with Crippen LogP contribution in [0.25, 0.3) is 0 Å². The molecular weight excluding hydrogens is 482 g/mol. The number of methoxy groups -OCH3 is 1. The maximum absolute atomic E-state index is 12.5. The van der Waals surface area contributed by atoms with Gasteiger partial charge in [-0.25, -0.2) is 4.79 Å². The van der Waals surface area contributed by atoms with Gasteiger partial charge < -0.3 is 30.5 Å². The van der Waals surface area contributed by atoms with Gasteiger partial charge in [-0.3, -0.25) is 4.79 Å². The quantitative estimate of drug-likeness (QED) is 0.241. The van der Waals surface area contributed by atoms with Crippen LogP contribution in [0, 0.1) is 6.92 Å². The van der Waals surface area contributed by atoms with Crippen LogP contribution in [0.3, 0.4) is 0 Å². The molecule has 0 saturated heterocycles. The maximum Gasteiger partial charge on any atom is 0.335 e. The van der Waals surface area contributed by atoms with Crippen molar-refractivity contribution in [1.82, 2.24) is 5.32 Å². The highest BCUT2D eigenvalue weighted by atomic mass is 16.5. The Balaban J connectivity index is 1.31. The lowest BCUT2D eigenvalue weighted by Gasteiger charge is -2.25. The lowest BCUT2D eigenvalue weighted by atomic mass is 9.92. The summed E-state index contributed by atoms with van der Waals surface area (Å²) in [4.78, 5) is 23.4. The normalized spacial score (nSPS) is 12.2. The van der Waals surface area contributed by atoms with E-state index in [2.05, 4.69) is 35.0 Å². The fourth-order valence-corrected chi connectivity index (χ4v) is 4.04. The van der Waals surface area contributed by atoms with Gasteiger partial charge in [0.2, 0.25) is 5.91 Å². The molecule has 1 saturated carbocycles. The molecule has 0 unspecified atom stereocenters. The number of para-hydroxylation sites is 1. The fraction of sp³-hybridized carbons (Fsp3) is 0.267. The highest BCUT2D eigenvalue weighted by Gasteiger charge is 2.17. The number of anilines is 2. The van der Waals surface area contributed by atoms with Gasteiger partial charge in [-0.2, -0.15) is 0 Å². The molecule has 4 N–H and O–H groups in total. The molecule has 38 heavy (non-hydrogen) atoms. The van der Waals surface area contributed by atoms with Gasteiger partial charge in [0.1, 0.15) is 23.9 Å². The number of hydrogen-bond donors (Lipinski definition) is 4. The molecule has 1 amide bonds. The minimum Gasteiger partial charge on any atom is -0.495 e. The summed E-state index contributed by atoms with van der Waals surface area (Å²) in [7, 11) is 1.62. The molecule has 0 aromatic heterocycles. The largest absolute Gasteiger partial charge is 0.495 e. The summed E-state index contributed by atoms with van der Waals surface area (Å²) in [6.07, 6.45) is 3.50. The second-order valence-corrected chi connectivity index (χ2v) is 9.14. The number of allylic oxidation sites excluding steroid dienone is 1. The smallest absolute Gasteiger partial charge is 0.335 e. The summed E-state index contributed by atoms with van der Waals surface area (Å²) < 4.78 is 11.2. The van der Waals surface area contributed by atoms with Gasteiger partial charge in [-0.1, -0.05) is 24.3 Å². The molecule has 1 aliphatic carbocycles. The summed E-state index contributed by atoms with van der Waals surface area (Å²) in [5.41, 5.74) is 5.43. The van der Waals surface area contributed by atoms with E-state index in [1.165, 1.54) is 29.7 Å².